The van der Waals surface area contributed by atoms with E-state index in [1.165, 1.54) is 10.8 Å². The zero-order chi connectivity index (χ0) is 18.7. The molecule has 26 heavy (non-hydrogen) atoms. The maximum absolute atomic E-state index is 12.2. The van der Waals surface area contributed by atoms with Crippen LogP contribution in [0.4, 0.5) is 0 Å². The summed E-state index contributed by atoms with van der Waals surface area (Å²) in [6.07, 6.45) is 1.54. The molecule has 0 bridgehead atoms. The standard InChI is InChI=1S/C19H19N3O3S/c1-14-7-9-15(10-8-14)11-12-26(24,25)20-13-18-16-5-3-4-6-17(16)19(23)22(2)21-18/h3-12,20H,13H2,1-2H3/b12-11+. The predicted octanol–water partition coefficient (Wildman–Crippen LogP) is 2.33. The van der Waals surface area contributed by atoms with Crippen LogP contribution in [-0.2, 0) is 23.6 Å². The van der Waals surface area contributed by atoms with Gasteiger partial charge in [0.25, 0.3) is 5.56 Å². The fourth-order valence-corrected chi connectivity index (χ4v) is 3.34. The molecule has 2 aromatic carbocycles. The summed E-state index contributed by atoms with van der Waals surface area (Å²) in [5.74, 6) is 0. The highest BCUT2D eigenvalue weighted by atomic mass is 32.2. The molecule has 0 aliphatic rings. The summed E-state index contributed by atoms with van der Waals surface area (Å²) < 4.78 is 28.2. The number of aryl methyl sites for hydroxylation is 2. The molecule has 0 saturated heterocycles. The Hall–Kier alpha value is -2.77. The highest BCUT2D eigenvalue weighted by molar-refractivity contribution is 7.92. The van der Waals surface area contributed by atoms with Gasteiger partial charge in [0.15, 0.2) is 0 Å². The van der Waals surface area contributed by atoms with Crippen molar-refractivity contribution in [3.8, 4) is 0 Å². The van der Waals surface area contributed by atoms with Gasteiger partial charge in [-0.1, -0.05) is 48.0 Å². The molecule has 0 amide bonds. The zero-order valence-corrected chi connectivity index (χ0v) is 15.3. The normalized spacial score (nSPS) is 12.1. The molecule has 0 aliphatic heterocycles. The lowest BCUT2D eigenvalue weighted by Gasteiger charge is -2.08. The van der Waals surface area contributed by atoms with E-state index in [0.717, 1.165) is 16.5 Å². The molecule has 0 aliphatic carbocycles. The highest BCUT2D eigenvalue weighted by Gasteiger charge is 2.11. The van der Waals surface area contributed by atoms with Crippen LogP contribution >= 0.6 is 0 Å². The van der Waals surface area contributed by atoms with E-state index >= 15 is 0 Å². The Balaban J connectivity index is 1.82. The van der Waals surface area contributed by atoms with Crippen LogP contribution in [-0.4, -0.2) is 18.2 Å². The van der Waals surface area contributed by atoms with Crippen molar-refractivity contribution in [1.82, 2.24) is 14.5 Å². The number of hydrogen-bond donors (Lipinski definition) is 1. The van der Waals surface area contributed by atoms with E-state index in [4.69, 9.17) is 0 Å². The zero-order valence-electron chi connectivity index (χ0n) is 14.5. The topological polar surface area (TPSA) is 81.1 Å². The second-order valence-corrected chi connectivity index (χ2v) is 7.65. The van der Waals surface area contributed by atoms with Crippen LogP contribution in [0.25, 0.3) is 16.8 Å². The predicted molar refractivity (Wildman–Crippen MR) is 103 cm³/mol. The summed E-state index contributed by atoms with van der Waals surface area (Å²) in [6.45, 7) is 1.96. The molecular weight excluding hydrogens is 350 g/mol. The summed E-state index contributed by atoms with van der Waals surface area (Å²) in [4.78, 5) is 12.1. The van der Waals surface area contributed by atoms with Crippen LogP contribution in [0.15, 0.2) is 58.7 Å². The van der Waals surface area contributed by atoms with Crippen molar-refractivity contribution >= 4 is 26.9 Å². The smallest absolute Gasteiger partial charge is 0.267 e. The number of rotatable bonds is 5. The van der Waals surface area contributed by atoms with Crippen molar-refractivity contribution in [3.63, 3.8) is 0 Å². The molecule has 3 rings (SSSR count). The first-order valence-corrected chi connectivity index (χ1v) is 9.60. The van der Waals surface area contributed by atoms with E-state index in [0.29, 0.717) is 16.5 Å². The van der Waals surface area contributed by atoms with E-state index in [2.05, 4.69) is 9.82 Å². The van der Waals surface area contributed by atoms with Gasteiger partial charge in [0, 0.05) is 17.8 Å². The average molecular weight is 369 g/mol. The summed E-state index contributed by atoms with van der Waals surface area (Å²) in [5, 5.41) is 6.46. The van der Waals surface area contributed by atoms with Gasteiger partial charge in [0.1, 0.15) is 0 Å². The molecule has 1 N–H and O–H groups in total. The molecule has 0 atom stereocenters. The van der Waals surface area contributed by atoms with Crippen molar-refractivity contribution < 1.29 is 8.42 Å². The fraction of sp³-hybridized carbons (Fsp3) is 0.158. The Morgan fingerprint density at radius 1 is 1.08 bits per heavy atom. The number of aromatic nitrogens is 2. The summed E-state index contributed by atoms with van der Waals surface area (Å²) in [6, 6.07) is 14.6. The minimum Gasteiger partial charge on any atom is -0.267 e. The number of benzene rings is 2. The molecule has 1 heterocycles. The van der Waals surface area contributed by atoms with E-state index in [-0.39, 0.29) is 12.1 Å². The Labute approximate surface area is 151 Å². The molecule has 0 saturated carbocycles. The van der Waals surface area contributed by atoms with Gasteiger partial charge in [0.05, 0.1) is 17.6 Å². The Morgan fingerprint density at radius 2 is 1.73 bits per heavy atom. The maximum atomic E-state index is 12.2. The first-order chi connectivity index (χ1) is 12.4. The van der Waals surface area contributed by atoms with Crippen LogP contribution in [0, 0.1) is 6.92 Å². The Kier molecular flexibility index (Phi) is 5.01. The third-order valence-electron chi connectivity index (χ3n) is 3.99. The minimum absolute atomic E-state index is 0.00476. The lowest BCUT2D eigenvalue weighted by molar-refractivity contribution is 0.587. The second kappa shape index (κ2) is 7.23. The first kappa shape index (κ1) is 18.0. The maximum Gasteiger partial charge on any atom is 0.274 e. The van der Waals surface area contributed by atoms with Crippen molar-refractivity contribution in [2.45, 2.75) is 13.5 Å². The van der Waals surface area contributed by atoms with Gasteiger partial charge in [-0.05, 0) is 24.6 Å². The number of hydrogen-bond acceptors (Lipinski definition) is 4. The number of nitrogens with zero attached hydrogens (tertiary/aromatic N) is 2. The molecule has 7 heteroatoms. The number of fused-ring (bicyclic) bond motifs is 1. The van der Waals surface area contributed by atoms with Gasteiger partial charge in [-0.2, -0.15) is 5.10 Å². The van der Waals surface area contributed by atoms with Crippen molar-refractivity contribution in [3.05, 3.63) is 81.1 Å². The molecule has 0 fully saturated rings. The third kappa shape index (κ3) is 4.07. The van der Waals surface area contributed by atoms with Crippen LogP contribution in [0.5, 0.6) is 0 Å². The lowest BCUT2D eigenvalue weighted by atomic mass is 10.1. The molecule has 6 nitrogen and oxygen atoms in total. The van der Waals surface area contributed by atoms with Gasteiger partial charge in [0.2, 0.25) is 10.0 Å². The van der Waals surface area contributed by atoms with E-state index < -0.39 is 10.0 Å². The van der Waals surface area contributed by atoms with Crippen LogP contribution in [0.2, 0.25) is 0 Å². The molecule has 1 aromatic heterocycles. The molecular formula is C19H19N3O3S. The van der Waals surface area contributed by atoms with Crippen molar-refractivity contribution in [2.75, 3.05) is 0 Å². The monoisotopic (exact) mass is 369 g/mol. The Morgan fingerprint density at radius 3 is 2.42 bits per heavy atom. The molecule has 0 spiro atoms. The summed E-state index contributed by atoms with van der Waals surface area (Å²) in [5.41, 5.74) is 2.18. The minimum atomic E-state index is -3.64. The average Bonchev–Trinajstić information content (AvgIpc) is 2.63. The highest BCUT2D eigenvalue weighted by Crippen LogP contribution is 2.13. The second-order valence-electron chi connectivity index (χ2n) is 6.00. The van der Waals surface area contributed by atoms with Crippen LogP contribution in [0.1, 0.15) is 16.8 Å². The van der Waals surface area contributed by atoms with Gasteiger partial charge < -0.3 is 0 Å². The van der Waals surface area contributed by atoms with Gasteiger partial charge in [-0.25, -0.2) is 17.8 Å². The largest absolute Gasteiger partial charge is 0.274 e. The molecule has 0 radical (unpaired) electrons. The SMILES string of the molecule is Cc1ccc(/C=C/S(=O)(=O)NCc2nn(C)c(=O)c3ccccc23)cc1. The fourth-order valence-electron chi connectivity index (χ4n) is 2.57. The molecule has 3 aromatic rings. The molecule has 134 valence electrons. The van der Waals surface area contributed by atoms with Crippen molar-refractivity contribution in [1.29, 1.82) is 0 Å². The quantitative estimate of drug-likeness (QED) is 0.748. The van der Waals surface area contributed by atoms with E-state index in [9.17, 15) is 13.2 Å². The molecule has 0 unspecified atom stereocenters. The van der Waals surface area contributed by atoms with Gasteiger partial charge in [-0.15, -0.1) is 0 Å². The summed E-state index contributed by atoms with van der Waals surface area (Å²) in [7, 11) is -2.09. The summed E-state index contributed by atoms with van der Waals surface area (Å²) >= 11 is 0. The van der Waals surface area contributed by atoms with Crippen LogP contribution in [0.3, 0.4) is 0 Å². The van der Waals surface area contributed by atoms with E-state index in [1.54, 1.807) is 31.3 Å². The van der Waals surface area contributed by atoms with Gasteiger partial charge >= 0.3 is 0 Å². The Bertz CT molecular complexity index is 1130. The van der Waals surface area contributed by atoms with Crippen molar-refractivity contribution in [2.24, 2.45) is 7.05 Å². The lowest BCUT2D eigenvalue weighted by Crippen LogP contribution is -2.26. The third-order valence-corrected chi connectivity index (χ3v) is 5.03. The van der Waals surface area contributed by atoms with Gasteiger partial charge in [-0.3, -0.25) is 4.79 Å². The first-order valence-electron chi connectivity index (χ1n) is 8.05. The van der Waals surface area contributed by atoms with Crippen LogP contribution < -0.4 is 10.3 Å². The number of sulfonamides is 1. The van der Waals surface area contributed by atoms with E-state index in [1.807, 2.05) is 31.2 Å². The number of nitrogens with one attached hydrogen (secondary N) is 1.